The molecular weight excluding hydrogens is 294 g/mol. The molecule has 1 aromatic carbocycles. The van der Waals surface area contributed by atoms with E-state index in [9.17, 15) is 0 Å². The van der Waals surface area contributed by atoms with Crippen LogP contribution < -0.4 is 15.2 Å². The SMILES string of the molecule is CC[C@H](N)c1nc(Cc2ccc(OC)c(OC)c2)no1.Cl. The second-order valence-corrected chi connectivity index (χ2v) is 4.43. The first-order valence-electron chi connectivity index (χ1n) is 6.46. The molecular formula is C14H20ClN3O3. The van der Waals surface area contributed by atoms with Crippen LogP contribution in [0.25, 0.3) is 0 Å². The van der Waals surface area contributed by atoms with Gasteiger partial charge in [0.05, 0.1) is 20.3 Å². The second-order valence-electron chi connectivity index (χ2n) is 4.43. The highest BCUT2D eigenvalue weighted by Gasteiger charge is 2.13. The summed E-state index contributed by atoms with van der Waals surface area (Å²) in [5.74, 6) is 2.45. The van der Waals surface area contributed by atoms with E-state index in [2.05, 4.69) is 10.1 Å². The molecule has 0 aliphatic carbocycles. The number of benzene rings is 1. The van der Waals surface area contributed by atoms with Crippen molar-refractivity contribution in [3.8, 4) is 11.5 Å². The van der Waals surface area contributed by atoms with Gasteiger partial charge in [0.25, 0.3) is 0 Å². The van der Waals surface area contributed by atoms with Crippen LogP contribution in [0.5, 0.6) is 11.5 Å². The molecule has 2 aromatic rings. The molecule has 1 atom stereocenters. The van der Waals surface area contributed by atoms with Gasteiger partial charge in [0, 0.05) is 6.42 Å². The number of nitrogens with two attached hydrogens (primary N) is 1. The third-order valence-corrected chi connectivity index (χ3v) is 3.05. The predicted molar refractivity (Wildman–Crippen MR) is 81.1 cm³/mol. The second kappa shape index (κ2) is 7.85. The molecule has 2 N–H and O–H groups in total. The van der Waals surface area contributed by atoms with Gasteiger partial charge in [-0.1, -0.05) is 18.1 Å². The number of aromatic nitrogens is 2. The standard InChI is InChI=1S/C14H19N3O3.ClH/c1-4-10(15)14-16-13(17-20-14)8-9-5-6-11(18-2)12(7-9)19-3;/h5-7,10H,4,8,15H2,1-3H3;1H/t10-;/m0./s1. The van der Waals surface area contributed by atoms with Crippen molar-refractivity contribution < 1.29 is 14.0 Å². The number of methoxy groups -OCH3 is 2. The Morgan fingerprint density at radius 2 is 1.95 bits per heavy atom. The molecule has 0 saturated heterocycles. The summed E-state index contributed by atoms with van der Waals surface area (Å²) in [5, 5.41) is 3.94. The zero-order chi connectivity index (χ0) is 14.5. The van der Waals surface area contributed by atoms with E-state index in [0.717, 1.165) is 12.0 Å². The van der Waals surface area contributed by atoms with E-state index in [4.69, 9.17) is 19.7 Å². The molecule has 0 spiro atoms. The molecule has 0 radical (unpaired) electrons. The number of rotatable bonds is 6. The fraction of sp³-hybridized carbons (Fsp3) is 0.429. The van der Waals surface area contributed by atoms with Gasteiger partial charge in [0.1, 0.15) is 0 Å². The van der Waals surface area contributed by atoms with Crippen LogP contribution in [0.3, 0.4) is 0 Å². The molecule has 0 aliphatic heterocycles. The van der Waals surface area contributed by atoms with Crippen molar-refractivity contribution in [2.24, 2.45) is 5.73 Å². The molecule has 7 heteroatoms. The topological polar surface area (TPSA) is 83.4 Å². The van der Waals surface area contributed by atoms with Crippen LogP contribution in [0.15, 0.2) is 22.7 Å². The van der Waals surface area contributed by atoms with E-state index in [0.29, 0.717) is 29.6 Å². The Balaban J connectivity index is 0.00000220. The Morgan fingerprint density at radius 1 is 1.24 bits per heavy atom. The van der Waals surface area contributed by atoms with Gasteiger partial charge in [-0.2, -0.15) is 4.98 Å². The molecule has 0 amide bonds. The lowest BCUT2D eigenvalue weighted by Crippen LogP contribution is -2.08. The molecule has 0 fully saturated rings. The number of ether oxygens (including phenoxy) is 2. The summed E-state index contributed by atoms with van der Waals surface area (Å²) in [7, 11) is 3.21. The van der Waals surface area contributed by atoms with Crippen molar-refractivity contribution in [3.63, 3.8) is 0 Å². The Labute approximate surface area is 130 Å². The minimum Gasteiger partial charge on any atom is -0.493 e. The van der Waals surface area contributed by atoms with Crippen LogP contribution in [-0.2, 0) is 6.42 Å². The van der Waals surface area contributed by atoms with Crippen molar-refractivity contribution in [1.29, 1.82) is 0 Å². The lowest BCUT2D eigenvalue weighted by molar-refractivity contribution is 0.348. The highest BCUT2D eigenvalue weighted by Crippen LogP contribution is 2.28. The molecule has 0 unspecified atom stereocenters. The van der Waals surface area contributed by atoms with Crippen LogP contribution in [-0.4, -0.2) is 24.4 Å². The van der Waals surface area contributed by atoms with Gasteiger partial charge in [0.2, 0.25) is 5.89 Å². The van der Waals surface area contributed by atoms with Gasteiger partial charge in [-0.25, -0.2) is 0 Å². The first kappa shape index (κ1) is 17.3. The average Bonchev–Trinajstić information content (AvgIpc) is 2.94. The summed E-state index contributed by atoms with van der Waals surface area (Å²) in [6, 6.07) is 5.49. The van der Waals surface area contributed by atoms with Crippen LogP contribution in [0.4, 0.5) is 0 Å². The van der Waals surface area contributed by atoms with Crippen molar-refractivity contribution in [1.82, 2.24) is 10.1 Å². The van der Waals surface area contributed by atoms with Crippen molar-refractivity contribution in [3.05, 3.63) is 35.5 Å². The molecule has 0 saturated carbocycles. The maximum absolute atomic E-state index is 5.85. The third-order valence-electron chi connectivity index (χ3n) is 3.05. The Morgan fingerprint density at radius 3 is 2.57 bits per heavy atom. The molecule has 1 heterocycles. The maximum atomic E-state index is 5.85. The first-order chi connectivity index (χ1) is 9.67. The number of hydrogen-bond donors (Lipinski definition) is 1. The maximum Gasteiger partial charge on any atom is 0.243 e. The molecule has 0 bridgehead atoms. The average molecular weight is 314 g/mol. The molecule has 21 heavy (non-hydrogen) atoms. The van der Waals surface area contributed by atoms with E-state index in [1.165, 1.54) is 0 Å². The van der Waals surface area contributed by atoms with Crippen molar-refractivity contribution >= 4 is 12.4 Å². The summed E-state index contributed by atoms with van der Waals surface area (Å²) < 4.78 is 15.6. The summed E-state index contributed by atoms with van der Waals surface area (Å²) in [4.78, 5) is 4.30. The predicted octanol–water partition coefficient (Wildman–Crippen LogP) is 2.51. The monoisotopic (exact) mass is 313 g/mol. The first-order valence-corrected chi connectivity index (χ1v) is 6.46. The zero-order valence-electron chi connectivity index (χ0n) is 12.3. The minimum absolute atomic E-state index is 0. The van der Waals surface area contributed by atoms with Gasteiger partial charge < -0.3 is 19.7 Å². The third kappa shape index (κ3) is 4.09. The van der Waals surface area contributed by atoms with Crippen LogP contribution in [0.2, 0.25) is 0 Å². The number of nitrogens with zero attached hydrogens (tertiary/aromatic N) is 2. The van der Waals surface area contributed by atoms with Gasteiger partial charge in [-0.15, -0.1) is 12.4 Å². The summed E-state index contributed by atoms with van der Waals surface area (Å²) in [6.45, 7) is 1.98. The Hall–Kier alpha value is -1.79. The van der Waals surface area contributed by atoms with E-state index in [-0.39, 0.29) is 18.4 Å². The highest BCUT2D eigenvalue weighted by atomic mass is 35.5. The molecule has 2 rings (SSSR count). The van der Waals surface area contributed by atoms with Gasteiger partial charge in [-0.05, 0) is 24.1 Å². The molecule has 116 valence electrons. The summed E-state index contributed by atoms with van der Waals surface area (Å²) >= 11 is 0. The normalized spacial score (nSPS) is 11.6. The van der Waals surface area contributed by atoms with E-state index in [1.54, 1.807) is 14.2 Å². The quantitative estimate of drug-likeness (QED) is 0.882. The minimum atomic E-state index is -0.207. The van der Waals surface area contributed by atoms with Crippen molar-refractivity contribution in [2.75, 3.05) is 14.2 Å². The van der Waals surface area contributed by atoms with Gasteiger partial charge in [0.15, 0.2) is 17.3 Å². The molecule has 6 nitrogen and oxygen atoms in total. The zero-order valence-corrected chi connectivity index (χ0v) is 13.1. The van der Waals surface area contributed by atoms with Gasteiger partial charge >= 0.3 is 0 Å². The largest absolute Gasteiger partial charge is 0.493 e. The van der Waals surface area contributed by atoms with Gasteiger partial charge in [-0.3, -0.25) is 0 Å². The fourth-order valence-electron chi connectivity index (χ4n) is 1.84. The van der Waals surface area contributed by atoms with E-state index in [1.807, 2.05) is 25.1 Å². The summed E-state index contributed by atoms with van der Waals surface area (Å²) in [6.07, 6.45) is 1.32. The highest BCUT2D eigenvalue weighted by molar-refractivity contribution is 5.85. The number of hydrogen-bond acceptors (Lipinski definition) is 6. The van der Waals surface area contributed by atoms with E-state index < -0.39 is 0 Å². The fourth-order valence-corrected chi connectivity index (χ4v) is 1.84. The van der Waals surface area contributed by atoms with Crippen molar-refractivity contribution in [2.45, 2.75) is 25.8 Å². The van der Waals surface area contributed by atoms with Crippen LogP contribution >= 0.6 is 12.4 Å². The lowest BCUT2D eigenvalue weighted by Gasteiger charge is -2.08. The molecule has 0 aliphatic rings. The molecule has 1 aromatic heterocycles. The Bertz CT molecular complexity index is 574. The summed E-state index contributed by atoms with van der Waals surface area (Å²) in [5.41, 5.74) is 6.87. The van der Waals surface area contributed by atoms with E-state index >= 15 is 0 Å². The van der Waals surface area contributed by atoms with Crippen LogP contribution in [0.1, 0.15) is 36.7 Å². The van der Waals surface area contributed by atoms with Crippen LogP contribution in [0, 0.1) is 0 Å². The number of halogens is 1. The smallest absolute Gasteiger partial charge is 0.243 e. The lowest BCUT2D eigenvalue weighted by atomic mass is 10.1. The Kier molecular flexibility index (Phi) is 6.45.